The van der Waals surface area contributed by atoms with Crippen LogP contribution in [0.5, 0.6) is 97.7 Å². The van der Waals surface area contributed by atoms with E-state index in [0.717, 1.165) is 12.1 Å². The number of carbonyl (C=O) groups is 4. The van der Waals surface area contributed by atoms with Gasteiger partial charge in [-0.2, -0.15) is 0 Å². The first kappa shape index (κ1) is 49.3. The van der Waals surface area contributed by atoms with E-state index in [1.807, 2.05) is 0 Å². The SMILES string of the molecule is O=C1OC[C@H]2O[C@H](c3c(O)cc(O)c4c3O[C@@H](c3ccc(O)c(O)c3)C[C@H]4O)[C@@H]3OC(=O)c4cc(O)c(O)c(O)c4-c4c(cc(O)c(O)c4O)C(=O)O[C@H]3[C@@H]2OC(=O)c2cc(O)c(O)c(O)c2-c2c1cc(O)c(O)c2O. The highest BCUT2D eigenvalue weighted by molar-refractivity contribution is 6.10. The number of fused-ring (bicyclic) bond motifs is 10. The van der Waals surface area contributed by atoms with Gasteiger partial charge in [0.1, 0.15) is 42.2 Å². The number of cyclic esters (lactones) is 1. The Hall–Kier alpha value is -10.3. The molecule has 4 aliphatic rings. The first-order chi connectivity index (χ1) is 35.9. The number of hydrogen-bond acceptors (Lipinski definition) is 27. The molecule has 0 saturated carbocycles. The summed E-state index contributed by atoms with van der Waals surface area (Å²) in [6.45, 7) is -1.25. The highest BCUT2D eigenvalue weighted by Crippen LogP contribution is 2.58. The average molecular weight is 1060 g/mol. The summed E-state index contributed by atoms with van der Waals surface area (Å²) < 4.78 is 36.0. The molecular weight excluding hydrogens is 1020 g/mol. The fraction of sp³-hybridized carbons (Fsp3) is 0.184. The van der Waals surface area contributed by atoms with Crippen LogP contribution in [-0.2, 0) is 23.7 Å². The molecule has 1 saturated heterocycles. The van der Waals surface area contributed by atoms with E-state index in [0.29, 0.717) is 30.3 Å². The zero-order chi connectivity index (χ0) is 54.8. The van der Waals surface area contributed by atoms with Crippen molar-refractivity contribution in [2.45, 2.75) is 49.1 Å². The minimum absolute atomic E-state index is 0.0598. The van der Waals surface area contributed by atoms with E-state index in [4.69, 9.17) is 28.4 Å². The molecule has 394 valence electrons. The highest BCUT2D eigenvalue weighted by Gasteiger charge is 2.57. The molecule has 0 bridgehead atoms. The number of esters is 4. The second kappa shape index (κ2) is 17.4. The molecule has 17 N–H and O–H groups in total. The smallest absolute Gasteiger partial charge is 0.339 e. The lowest BCUT2D eigenvalue weighted by atomic mass is 9.85. The number of ether oxygens (including phenoxy) is 6. The standard InChI is InChI=1S/C49H36O27/c50-16-2-1-11(3-17(16)51)25-9-20(54)31-18(52)8-19(53)32(42(31)72-25)43-45-44(75-48(69)14-6-23(57)35(61)39(65)29(14)30-15(49(70)76-45)7-24(58)36(62)40(30)66)41-26(73-43)10-71-46(67)12-4-21(55)33(59)37(63)27(12)28-13(47(68)74-41)5-22(56)34(60)38(28)64/h1-8,20,25-26,41,43-45,50-66H,9-10H2/t20-,25-,26-,41-,43-,44+,45+/m1/s1. The number of carbonyl (C=O) groups excluding carboxylic acids is 4. The van der Waals surface area contributed by atoms with Gasteiger partial charge in [-0.15, -0.1) is 0 Å². The molecule has 4 heterocycles. The summed E-state index contributed by atoms with van der Waals surface area (Å²) >= 11 is 0. The molecule has 76 heavy (non-hydrogen) atoms. The Morgan fingerprint density at radius 3 is 1.28 bits per heavy atom. The molecular formula is C49H36O27. The number of phenolic OH excluding ortho intramolecular Hbond substituents is 16. The second-order valence-corrected chi connectivity index (χ2v) is 17.5. The molecule has 0 aliphatic carbocycles. The lowest BCUT2D eigenvalue weighted by Crippen LogP contribution is -2.60. The van der Waals surface area contributed by atoms with Crippen LogP contribution < -0.4 is 4.74 Å². The normalized spacial score (nSPS) is 21.9. The number of aliphatic hydroxyl groups is 1. The number of aliphatic hydroxyl groups excluding tert-OH is 1. The van der Waals surface area contributed by atoms with Crippen molar-refractivity contribution >= 4 is 23.9 Å². The zero-order valence-electron chi connectivity index (χ0n) is 37.8. The van der Waals surface area contributed by atoms with Gasteiger partial charge in [0.15, 0.2) is 75.8 Å². The molecule has 0 spiro atoms. The Labute approximate surface area is 420 Å². The molecule has 0 radical (unpaired) electrons. The lowest BCUT2D eigenvalue weighted by molar-refractivity contribution is -0.232. The molecule has 4 aliphatic heterocycles. The fourth-order valence-electron chi connectivity index (χ4n) is 9.56. The Bertz CT molecular complexity index is 3570. The Kier molecular flexibility index (Phi) is 11.3. The number of aromatic hydroxyl groups is 16. The van der Waals surface area contributed by atoms with Crippen LogP contribution in [0.15, 0.2) is 48.5 Å². The molecule has 1 fully saturated rings. The van der Waals surface area contributed by atoms with Crippen molar-refractivity contribution in [3.05, 3.63) is 87.5 Å². The minimum atomic E-state index is -2.52. The van der Waals surface area contributed by atoms with Gasteiger partial charge in [-0.3, -0.25) is 0 Å². The van der Waals surface area contributed by atoms with Crippen LogP contribution in [0.1, 0.15) is 82.9 Å². The molecule has 27 nitrogen and oxygen atoms in total. The third kappa shape index (κ3) is 7.43. The number of phenols is 16. The van der Waals surface area contributed by atoms with Crippen molar-refractivity contribution in [2.75, 3.05) is 6.61 Å². The maximum absolute atomic E-state index is 14.9. The van der Waals surface area contributed by atoms with E-state index in [1.54, 1.807) is 0 Å². The predicted octanol–water partition coefficient (Wildman–Crippen LogP) is 3.47. The van der Waals surface area contributed by atoms with Crippen LogP contribution in [0.3, 0.4) is 0 Å². The first-order valence-corrected chi connectivity index (χ1v) is 21.9. The van der Waals surface area contributed by atoms with Crippen LogP contribution >= 0.6 is 0 Å². The summed E-state index contributed by atoms with van der Waals surface area (Å²) in [6, 6.07) is 5.81. The van der Waals surface area contributed by atoms with Crippen molar-refractivity contribution in [1.82, 2.24) is 0 Å². The summed E-state index contributed by atoms with van der Waals surface area (Å²) in [6.07, 6.45) is -15.4. The van der Waals surface area contributed by atoms with Crippen LogP contribution in [0, 0.1) is 0 Å². The van der Waals surface area contributed by atoms with Gasteiger partial charge in [-0.05, 0) is 42.0 Å². The molecule has 6 aromatic rings. The summed E-state index contributed by atoms with van der Waals surface area (Å²) in [5.41, 5.74) is -9.69. The Morgan fingerprint density at radius 2 is 0.816 bits per heavy atom. The number of benzene rings is 6. The van der Waals surface area contributed by atoms with Gasteiger partial charge >= 0.3 is 23.9 Å². The van der Waals surface area contributed by atoms with Gasteiger partial charge < -0.3 is 115 Å². The molecule has 0 aromatic heterocycles. The number of hydrogen-bond donors (Lipinski definition) is 17. The molecule has 7 atom stereocenters. The summed E-state index contributed by atoms with van der Waals surface area (Å²) in [7, 11) is 0. The summed E-state index contributed by atoms with van der Waals surface area (Å²) in [5, 5.41) is 186. The van der Waals surface area contributed by atoms with Crippen molar-refractivity contribution in [2.24, 2.45) is 0 Å². The minimum Gasteiger partial charge on any atom is -0.507 e. The highest BCUT2D eigenvalue weighted by atomic mass is 16.7. The van der Waals surface area contributed by atoms with E-state index < -0.39 is 233 Å². The van der Waals surface area contributed by atoms with Crippen molar-refractivity contribution < 1.29 is 134 Å². The van der Waals surface area contributed by atoms with Crippen LogP contribution in [0.2, 0.25) is 0 Å². The van der Waals surface area contributed by atoms with E-state index in [9.17, 15) is 106 Å². The largest absolute Gasteiger partial charge is 0.507 e. The van der Waals surface area contributed by atoms with Gasteiger partial charge in [0.2, 0.25) is 23.0 Å². The van der Waals surface area contributed by atoms with Crippen molar-refractivity contribution in [3.8, 4) is 120 Å². The van der Waals surface area contributed by atoms with Crippen LogP contribution in [0.25, 0.3) is 22.3 Å². The quantitative estimate of drug-likeness (QED) is 0.0670. The summed E-state index contributed by atoms with van der Waals surface area (Å²) in [4.78, 5) is 58.7. The summed E-state index contributed by atoms with van der Waals surface area (Å²) in [5.74, 6) is -27.1. The second-order valence-electron chi connectivity index (χ2n) is 17.5. The molecule has 10 rings (SSSR count). The monoisotopic (exact) mass is 1060 g/mol. The van der Waals surface area contributed by atoms with E-state index in [-0.39, 0.29) is 5.56 Å². The average Bonchev–Trinajstić information content (AvgIpc) is 3.56. The van der Waals surface area contributed by atoms with Crippen molar-refractivity contribution in [1.29, 1.82) is 0 Å². The Balaban J connectivity index is 1.24. The van der Waals surface area contributed by atoms with Gasteiger partial charge in [0, 0.05) is 34.7 Å². The maximum Gasteiger partial charge on any atom is 0.339 e. The lowest BCUT2D eigenvalue weighted by Gasteiger charge is -2.46. The van der Waals surface area contributed by atoms with E-state index in [2.05, 4.69) is 0 Å². The van der Waals surface area contributed by atoms with Crippen molar-refractivity contribution in [3.63, 3.8) is 0 Å². The molecule has 27 heteroatoms. The van der Waals surface area contributed by atoms with E-state index in [1.165, 1.54) is 6.07 Å². The Morgan fingerprint density at radius 1 is 0.395 bits per heavy atom. The predicted molar refractivity (Wildman–Crippen MR) is 242 cm³/mol. The van der Waals surface area contributed by atoms with Crippen LogP contribution in [-0.4, -0.2) is 142 Å². The number of rotatable bonds is 2. The van der Waals surface area contributed by atoms with Crippen LogP contribution in [0.4, 0.5) is 0 Å². The maximum atomic E-state index is 14.9. The third-order valence-electron chi connectivity index (χ3n) is 13.1. The molecule has 0 amide bonds. The molecule has 6 aromatic carbocycles. The van der Waals surface area contributed by atoms with Gasteiger partial charge in [0.25, 0.3) is 0 Å². The zero-order valence-corrected chi connectivity index (χ0v) is 37.8. The van der Waals surface area contributed by atoms with Gasteiger partial charge in [-0.25, -0.2) is 19.2 Å². The van der Waals surface area contributed by atoms with Gasteiger partial charge in [0.05, 0.1) is 39.5 Å². The molecule has 0 unspecified atom stereocenters. The fourth-order valence-corrected chi connectivity index (χ4v) is 9.56. The van der Waals surface area contributed by atoms with Gasteiger partial charge in [-0.1, -0.05) is 6.07 Å². The third-order valence-corrected chi connectivity index (χ3v) is 13.1. The van der Waals surface area contributed by atoms with E-state index >= 15 is 0 Å². The first-order valence-electron chi connectivity index (χ1n) is 21.9. The topological polar surface area (TPSA) is 468 Å².